The molecular formula is C47H54N2O2. The lowest BCUT2D eigenvalue weighted by Crippen LogP contribution is -2.36. The van der Waals surface area contributed by atoms with Gasteiger partial charge in [-0.25, -0.2) is 0 Å². The molecule has 2 aromatic carbocycles. The van der Waals surface area contributed by atoms with E-state index in [-0.39, 0.29) is 0 Å². The SMILES string of the molecule is C/C=C\C=C/C1=CN(/C(=C/n2c3c(c(CC)c2/C=C\C)CCC=C3)c2cc3c(ccc4oc5ccc(CCC)cc5c43)o2)C(CCC)CC1CC. The zero-order valence-electron chi connectivity index (χ0n) is 31.5. The highest BCUT2D eigenvalue weighted by molar-refractivity contribution is 6.18. The topological polar surface area (TPSA) is 34.5 Å². The van der Waals surface area contributed by atoms with Gasteiger partial charge in [0.15, 0.2) is 5.76 Å². The summed E-state index contributed by atoms with van der Waals surface area (Å²) < 4.78 is 15.9. The lowest BCUT2D eigenvalue weighted by molar-refractivity contribution is 0.272. The Hall–Kier alpha value is -4.70. The molecule has 0 radical (unpaired) electrons. The monoisotopic (exact) mass is 678 g/mol. The highest BCUT2D eigenvalue weighted by atomic mass is 16.3. The lowest BCUT2D eigenvalue weighted by Gasteiger charge is -2.39. The second-order valence-corrected chi connectivity index (χ2v) is 14.3. The summed E-state index contributed by atoms with van der Waals surface area (Å²) in [6.45, 7) is 13.4. The maximum Gasteiger partial charge on any atom is 0.153 e. The van der Waals surface area contributed by atoms with Gasteiger partial charge in [-0.15, -0.1) is 0 Å². The molecule has 0 N–H and O–H groups in total. The molecule has 0 bridgehead atoms. The van der Waals surface area contributed by atoms with Crippen LogP contribution in [0.5, 0.6) is 0 Å². The van der Waals surface area contributed by atoms with E-state index < -0.39 is 0 Å². The maximum atomic E-state index is 6.99. The molecule has 264 valence electrons. The van der Waals surface area contributed by atoms with Crippen LogP contribution in [0.1, 0.15) is 114 Å². The molecule has 1 aliphatic carbocycles. The number of benzene rings is 2. The quantitative estimate of drug-likeness (QED) is 0.123. The first kappa shape index (κ1) is 34.7. The van der Waals surface area contributed by atoms with E-state index in [0.29, 0.717) is 12.0 Å². The predicted molar refractivity (Wildman–Crippen MR) is 218 cm³/mol. The molecule has 4 heterocycles. The maximum absolute atomic E-state index is 6.99. The Kier molecular flexibility index (Phi) is 10.4. The summed E-state index contributed by atoms with van der Waals surface area (Å²) in [6, 6.07) is 13.5. The van der Waals surface area contributed by atoms with Gasteiger partial charge in [-0.1, -0.05) is 83.1 Å². The molecular weight excluding hydrogens is 625 g/mol. The Balaban J connectivity index is 1.52. The second-order valence-electron chi connectivity index (χ2n) is 14.3. The molecule has 4 nitrogen and oxygen atoms in total. The van der Waals surface area contributed by atoms with Gasteiger partial charge >= 0.3 is 0 Å². The molecule has 0 saturated heterocycles. The zero-order chi connectivity index (χ0) is 35.5. The van der Waals surface area contributed by atoms with Crippen molar-refractivity contribution in [3.63, 3.8) is 0 Å². The average Bonchev–Trinajstić information content (AvgIpc) is 3.82. The van der Waals surface area contributed by atoms with Crippen molar-refractivity contribution < 1.29 is 8.83 Å². The van der Waals surface area contributed by atoms with Crippen LogP contribution in [0, 0.1) is 5.92 Å². The van der Waals surface area contributed by atoms with Crippen LogP contribution in [-0.2, 0) is 19.3 Å². The number of hydrogen-bond acceptors (Lipinski definition) is 3. The summed E-state index contributed by atoms with van der Waals surface area (Å²) in [6.07, 6.45) is 32.5. The standard InChI is InChI=1S/C47H54N2O2/c1-7-13-14-20-34-30-48(35(18-9-3)28-33(34)11-5)42(31-49-40(19-10-4)36(12-6)37-21-15-16-22-41(37)49)46-29-39-44(51-46)25-26-45-47(39)38-27-32(17-8-2)23-24-43(38)50-45/h7,10,13-14,16,19-20,22-27,29-31,33,35H,8-9,11-12,15,17-18,21,28H2,1-6H3/b13-7-,19-10-,20-14-,42-31+. The minimum Gasteiger partial charge on any atom is -0.456 e. The van der Waals surface area contributed by atoms with Crippen molar-refractivity contribution in [3.05, 3.63) is 118 Å². The van der Waals surface area contributed by atoms with Crippen LogP contribution in [0.4, 0.5) is 0 Å². The third kappa shape index (κ3) is 6.50. The van der Waals surface area contributed by atoms with E-state index in [9.17, 15) is 0 Å². The zero-order valence-corrected chi connectivity index (χ0v) is 31.5. The Bertz CT molecular complexity index is 2220. The van der Waals surface area contributed by atoms with Crippen LogP contribution in [0.3, 0.4) is 0 Å². The van der Waals surface area contributed by atoms with Gasteiger partial charge in [0.25, 0.3) is 0 Å². The first-order valence-corrected chi connectivity index (χ1v) is 19.5. The summed E-state index contributed by atoms with van der Waals surface area (Å²) in [4.78, 5) is 2.55. The number of aromatic nitrogens is 1. The largest absolute Gasteiger partial charge is 0.456 e. The van der Waals surface area contributed by atoms with E-state index in [0.717, 1.165) is 102 Å². The Morgan fingerprint density at radius 3 is 2.45 bits per heavy atom. The molecule has 7 rings (SSSR count). The number of rotatable bonds is 12. The van der Waals surface area contributed by atoms with Crippen LogP contribution >= 0.6 is 0 Å². The molecule has 2 unspecified atom stereocenters. The summed E-state index contributed by atoms with van der Waals surface area (Å²) in [5.41, 5.74) is 12.0. The number of fused-ring (bicyclic) bond motifs is 6. The molecule has 1 aliphatic heterocycles. The van der Waals surface area contributed by atoms with Crippen LogP contribution in [-0.4, -0.2) is 15.5 Å². The fourth-order valence-electron chi connectivity index (χ4n) is 8.53. The highest BCUT2D eigenvalue weighted by Crippen LogP contribution is 2.42. The number of aryl methyl sites for hydroxylation is 1. The molecule has 0 amide bonds. The van der Waals surface area contributed by atoms with Crippen molar-refractivity contribution >= 4 is 57.0 Å². The molecule has 0 saturated carbocycles. The molecule has 2 aliphatic rings. The first-order valence-electron chi connectivity index (χ1n) is 19.5. The normalized spacial score (nSPS) is 18.5. The van der Waals surface area contributed by atoms with Gasteiger partial charge in [0.2, 0.25) is 0 Å². The van der Waals surface area contributed by atoms with E-state index in [1.165, 1.54) is 33.7 Å². The third-order valence-corrected chi connectivity index (χ3v) is 10.9. The van der Waals surface area contributed by atoms with E-state index in [1.807, 2.05) is 0 Å². The minimum absolute atomic E-state index is 0.349. The van der Waals surface area contributed by atoms with E-state index in [1.54, 1.807) is 0 Å². The minimum atomic E-state index is 0.349. The summed E-state index contributed by atoms with van der Waals surface area (Å²) in [5, 5.41) is 3.40. The van der Waals surface area contributed by atoms with Crippen LogP contribution < -0.4 is 0 Å². The van der Waals surface area contributed by atoms with E-state index in [4.69, 9.17) is 8.83 Å². The van der Waals surface area contributed by atoms with Gasteiger partial charge in [0.1, 0.15) is 22.4 Å². The van der Waals surface area contributed by atoms with E-state index in [2.05, 4.69) is 148 Å². The average molecular weight is 679 g/mol. The van der Waals surface area contributed by atoms with Crippen LogP contribution in [0.15, 0.2) is 93.5 Å². The van der Waals surface area contributed by atoms with Gasteiger partial charge in [0, 0.05) is 46.0 Å². The Morgan fingerprint density at radius 2 is 1.69 bits per heavy atom. The molecule has 0 spiro atoms. The summed E-state index contributed by atoms with van der Waals surface area (Å²) in [5.74, 6) is 1.39. The fourth-order valence-corrected chi connectivity index (χ4v) is 8.53. The van der Waals surface area contributed by atoms with Crippen LogP contribution in [0.25, 0.3) is 57.0 Å². The molecule has 2 atom stereocenters. The van der Waals surface area contributed by atoms with Crippen molar-refractivity contribution in [2.75, 3.05) is 0 Å². The third-order valence-electron chi connectivity index (χ3n) is 10.9. The summed E-state index contributed by atoms with van der Waals surface area (Å²) >= 11 is 0. The second kappa shape index (κ2) is 15.3. The molecule has 3 aromatic heterocycles. The number of furan rings is 2. The Labute approximate surface area is 304 Å². The summed E-state index contributed by atoms with van der Waals surface area (Å²) in [7, 11) is 0. The lowest BCUT2D eigenvalue weighted by atomic mass is 9.84. The molecule has 4 heteroatoms. The fraction of sp³-hybridized carbons (Fsp3) is 0.362. The smallest absolute Gasteiger partial charge is 0.153 e. The van der Waals surface area contributed by atoms with Gasteiger partial charge in [-0.2, -0.15) is 0 Å². The highest BCUT2D eigenvalue weighted by Gasteiger charge is 2.32. The van der Waals surface area contributed by atoms with Crippen molar-refractivity contribution in [1.82, 2.24) is 9.47 Å². The number of allylic oxidation sites excluding steroid dienone is 7. The van der Waals surface area contributed by atoms with Crippen molar-refractivity contribution in [2.45, 2.75) is 105 Å². The van der Waals surface area contributed by atoms with Crippen molar-refractivity contribution in [2.24, 2.45) is 5.92 Å². The Morgan fingerprint density at radius 1 is 0.882 bits per heavy atom. The number of nitrogens with zero attached hydrogens (tertiary/aromatic N) is 2. The van der Waals surface area contributed by atoms with Gasteiger partial charge in [-0.3, -0.25) is 0 Å². The van der Waals surface area contributed by atoms with Gasteiger partial charge < -0.3 is 18.3 Å². The predicted octanol–water partition coefficient (Wildman–Crippen LogP) is 13.5. The van der Waals surface area contributed by atoms with Gasteiger partial charge in [0.05, 0.1) is 0 Å². The van der Waals surface area contributed by atoms with Crippen molar-refractivity contribution in [1.29, 1.82) is 0 Å². The first-order chi connectivity index (χ1) is 25.0. The molecule has 0 fully saturated rings. The van der Waals surface area contributed by atoms with Crippen LogP contribution in [0.2, 0.25) is 0 Å². The molecule has 5 aromatic rings. The van der Waals surface area contributed by atoms with E-state index >= 15 is 0 Å². The number of hydrogen-bond donors (Lipinski definition) is 0. The molecule has 51 heavy (non-hydrogen) atoms. The van der Waals surface area contributed by atoms with Crippen molar-refractivity contribution in [3.8, 4) is 0 Å². The van der Waals surface area contributed by atoms with Gasteiger partial charge in [-0.05, 0) is 129 Å².